The van der Waals surface area contributed by atoms with Gasteiger partial charge >= 0.3 is 0 Å². The van der Waals surface area contributed by atoms with Gasteiger partial charge in [-0.1, -0.05) is 36.4 Å². The molecule has 0 aliphatic carbocycles. The van der Waals surface area contributed by atoms with Crippen molar-refractivity contribution in [2.75, 3.05) is 24.4 Å². The SMILES string of the molecule is COc1ccc(C)cc1NC(=O)c1cc(N(C)Cc2ccccc2)nc(C)n1. The number of nitrogens with one attached hydrogen (secondary N) is 1. The van der Waals surface area contributed by atoms with Gasteiger partial charge in [0.15, 0.2) is 0 Å². The molecule has 1 N–H and O–H groups in total. The zero-order valence-corrected chi connectivity index (χ0v) is 16.6. The minimum absolute atomic E-state index is 0.302. The molecule has 1 amide bonds. The van der Waals surface area contributed by atoms with E-state index in [-0.39, 0.29) is 5.91 Å². The zero-order valence-electron chi connectivity index (χ0n) is 16.6. The van der Waals surface area contributed by atoms with E-state index in [4.69, 9.17) is 4.74 Å². The Morgan fingerprint density at radius 2 is 1.82 bits per heavy atom. The number of methoxy groups -OCH3 is 1. The summed E-state index contributed by atoms with van der Waals surface area (Å²) in [5.74, 6) is 1.53. The number of benzene rings is 2. The molecule has 0 aliphatic heterocycles. The summed E-state index contributed by atoms with van der Waals surface area (Å²) in [6.07, 6.45) is 0. The molecule has 1 aromatic heterocycles. The van der Waals surface area contributed by atoms with Crippen LogP contribution in [0.3, 0.4) is 0 Å². The second-order valence-corrected chi connectivity index (χ2v) is 6.66. The number of nitrogens with zero attached hydrogens (tertiary/aromatic N) is 3. The number of hydrogen-bond acceptors (Lipinski definition) is 5. The first-order valence-corrected chi connectivity index (χ1v) is 9.03. The van der Waals surface area contributed by atoms with Gasteiger partial charge in [-0.25, -0.2) is 9.97 Å². The number of amides is 1. The highest BCUT2D eigenvalue weighted by molar-refractivity contribution is 6.04. The maximum Gasteiger partial charge on any atom is 0.274 e. The van der Waals surface area contributed by atoms with E-state index in [0.29, 0.717) is 35.3 Å². The lowest BCUT2D eigenvalue weighted by Crippen LogP contribution is -2.21. The Bertz CT molecular complexity index is 974. The molecule has 3 rings (SSSR count). The molecule has 0 radical (unpaired) electrons. The van der Waals surface area contributed by atoms with Gasteiger partial charge in [0.2, 0.25) is 0 Å². The van der Waals surface area contributed by atoms with Crippen LogP contribution < -0.4 is 15.0 Å². The fraction of sp³-hybridized carbons (Fsp3) is 0.227. The quantitative estimate of drug-likeness (QED) is 0.704. The number of hydrogen-bond donors (Lipinski definition) is 1. The number of carbonyl (C=O) groups is 1. The summed E-state index contributed by atoms with van der Waals surface area (Å²) >= 11 is 0. The Kier molecular flexibility index (Phi) is 5.89. The van der Waals surface area contributed by atoms with Crippen LogP contribution in [0.2, 0.25) is 0 Å². The molecule has 0 saturated carbocycles. The van der Waals surface area contributed by atoms with Crippen LogP contribution in [0.15, 0.2) is 54.6 Å². The molecular weight excluding hydrogens is 352 g/mol. The van der Waals surface area contributed by atoms with E-state index in [1.54, 1.807) is 20.1 Å². The van der Waals surface area contributed by atoms with Crippen LogP contribution in [0.25, 0.3) is 0 Å². The van der Waals surface area contributed by atoms with Crippen molar-refractivity contribution in [1.82, 2.24) is 9.97 Å². The smallest absolute Gasteiger partial charge is 0.274 e. The largest absolute Gasteiger partial charge is 0.495 e. The summed E-state index contributed by atoms with van der Waals surface area (Å²) in [4.78, 5) is 23.6. The predicted octanol–water partition coefficient (Wildman–Crippen LogP) is 3.99. The van der Waals surface area contributed by atoms with Gasteiger partial charge in [-0.2, -0.15) is 0 Å². The Balaban J connectivity index is 1.82. The molecule has 144 valence electrons. The van der Waals surface area contributed by atoms with Crippen LogP contribution in [0.5, 0.6) is 5.75 Å². The van der Waals surface area contributed by atoms with Crippen molar-refractivity contribution >= 4 is 17.4 Å². The molecule has 0 unspecified atom stereocenters. The minimum atomic E-state index is -0.302. The van der Waals surface area contributed by atoms with Crippen molar-refractivity contribution in [3.05, 3.63) is 77.2 Å². The first-order chi connectivity index (χ1) is 13.5. The summed E-state index contributed by atoms with van der Waals surface area (Å²) in [5, 5.41) is 2.89. The third kappa shape index (κ3) is 4.65. The molecule has 28 heavy (non-hydrogen) atoms. The van der Waals surface area contributed by atoms with Crippen LogP contribution in [0.4, 0.5) is 11.5 Å². The highest BCUT2D eigenvalue weighted by Gasteiger charge is 2.15. The zero-order chi connectivity index (χ0) is 20.1. The van der Waals surface area contributed by atoms with Gasteiger partial charge in [-0.3, -0.25) is 4.79 Å². The third-order valence-corrected chi connectivity index (χ3v) is 4.31. The lowest BCUT2D eigenvalue weighted by Gasteiger charge is -2.19. The number of ether oxygens (including phenoxy) is 1. The van der Waals surface area contributed by atoms with Crippen molar-refractivity contribution in [1.29, 1.82) is 0 Å². The van der Waals surface area contributed by atoms with Crippen LogP contribution in [0.1, 0.15) is 27.4 Å². The van der Waals surface area contributed by atoms with Crippen LogP contribution in [-0.2, 0) is 6.54 Å². The van der Waals surface area contributed by atoms with Gasteiger partial charge in [0, 0.05) is 19.7 Å². The molecule has 0 spiro atoms. The van der Waals surface area contributed by atoms with Crippen LogP contribution in [-0.4, -0.2) is 30.0 Å². The highest BCUT2D eigenvalue weighted by Crippen LogP contribution is 2.26. The average molecular weight is 376 g/mol. The Morgan fingerprint density at radius 1 is 1.07 bits per heavy atom. The van der Waals surface area contributed by atoms with Crippen molar-refractivity contribution in [3.63, 3.8) is 0 Å². The Hall–Kier alpha value is -3.41. The minimum Gasteiger partial charge on any atom is -0.495 e. The molecule has 0 saturated heterocycles. The molecular formula is C22H24N4O2. The van der Waals surface area contributed by atoms with Gasteiger partial charge in [-0.05, 0) is 37.1 Å². The highest BCUT2D eigenvalue weighted by atomic mass is 16.5. The monoisotopic (exact) mass is 376 g/mol. The summed E-state index contributed by atoms with van der Waals surface area (Å²) in [6, 6.07) is 17.4. The van der Waals surface area contributed by atoms with Crippen molar-refractivity contribution in [3.8, 4) is 5.75 Å². The van der Waals surface area contributed by atoms with E-state index in [1.807, 2.05) is 55.3 Å². The normalized spacial score (nSPS) is 10.4. The summed E-state index contributed by atoms with van der Waals surface area (Å²) in [5.41, 5.74) is 3.11. The lowest BCUT2D eigenvalue weighted by molar-refractivity contribution is 0.102. The second-order valence-electron chi connectivity index (χ2n) is 6.66. The van der Waals surface area contributed by atoms with E-state index in [1.165, 1.54) is 0 Å². The molecule has 0 fully saturated rings. The van der Waals surface area contributed by atoms with E-state index in [9.17, 15) is 4.79 Å². The molecule has 0 atom stereocenters. The maximum atomic E-state index is 12.8. The van der Waals surface area contributed by atoms with Crippen molar-refractivity contribution in [2.24, 2.45) is 0 Å². The van der Waals surface area contributed by atoms with E-state index < -0.39 is 0 Å². The maximum absolute atomic E-state index is 12.8. The number of carbonyl (C=O) groups excluding carboxylic acids is 1. The fourth-order valence-corrected chi connectivity index (χ4v) is 2.91. The molecule has 1 heterocycles. The summed E-state index contributed by atoms with van der Waals surface area (Å²) in [7, 11) is 3.52. The summed E-state index contributed by atoms with van der Waals surface area (Å²) < 4.78 is 5.33. The van der Waals surface area contributed by atoms with Crippen molar-refractivity contribution in [2.45, 2.75) is 20.4 Å². The van der Waals surface area contributed by atoms with Gasteiger partial charge < -0.3 is 15.0 Å². The summed E-state index contributed by atoms with van der Waals surface area (Å²) in [6.45, 7) is 4.43. The molecule has 2 aromatic carbocycles. The van der Waals surface area contributed by atoms with Gasteiger partial charge in [-0.15, -0.1) is 0 Å². The predicted molar refractivity (Wildman–Crippen MR) is 111 cm³/mol. The molecule has 3 aromatic rings. The van der Waals surface area contributed by atoms with E-state index >= 15 is 0 Å². The van der Waals surface area contributed by atoms with E-state index in [0.717, 1.165) is 11.1 Å². The van der Waals surface area contributed by atoms with Gasteiger partial charge in [0.25, 0.3) is 5.91 Å². The first-order valence-electron chi connectivity index (χ1n) is 9.03. The standard InChI is InChI=1S/C22H24N4O2/c1-15-10-11-20(28-4)18(12-15)25-22(27)19-13-21(24-16(2)23-19)26(3)14-17-8-6-5-7-9-17/h5-13H,14H2,1-4H3,(H,25,27). The number of anilines is 2. The number of aromatic nitrogens is 2. The molecule has 0 bridgehead atoms. The van der Waals surface area contributed by atoms with Crippen LogP contribution in [0, 0.1) is 13.8 Å². The fourth-order valence-electron chi connectivity index (χ4n) is 2.91. The first kappa shape index (κ1) is 19.4. The molecule has 6 heteroatoms. The second kappa shape index (κ2) is 8.52. The average Bonchev–Trinajstić information content (AvgIpc) is 2.68. The van der Waals surface area contributed by atoms with Crippen LogP contribution >= 0.6 is 0 Å². The third-order valence-electron chi connectivity index (χ3n) is 4.31. The lowest BCUT2D eigenvalue weighted by atomic mass is 10.2. The topological polar surface area (TPSA) is 67.3 Å². The van der Waals surface area contributed by atoms with Crippen molar-refractivity contribution < 1.29 is 9.53 Å². The Labute approximate surface area is 165 Å². The van der Waals surface area contributed by atoms with E-state index in [2.05, 4.69) is 27.4 Å². The molecule has 0 aliphatic rings. The number of aryl methyl sites for hydroxylation is 2. The van der Waals surface area contributed by atoms with Gasteiger partial charge in [0.05, 0.1) is 12.8 Å². The number of rotatable bonds is 6. The Morgan fingerprint density at radius 3 is 2.54 bits per heavy atom. The van der Waals surface area contributed by atoms with Gasteiger partial charge in [0.1, 0.15) is 23.1 Å². The molecule has 6 nitrogen and oxygen atoms in total.